The molecule has 6 nitrogen and oxygen atoms in total. The Morgan fingerprint density at radius 2 is 1.97 bits per heavy atom. The van der Waals surface area contributed by atoms with Gasteiger partial charge in [0, 0.05) is 62.3 Å². The van der Waals surface area contributed by atoms with Crippen molar-refractivity contribution in [2.75, 3.05) is 26.7 Å². The zero-order valence-corrected chi connectivity index (χ0v) is 22.6. The molecule has 0 radical (unpaired) electrons. The van der Waals surface area contributed by atoms with E-state index in [1.165, 1.54) is 5.56 Å². The van der Waals surface area contributed by atoms with Gasteiger partial charge >= 0.3 is 0 Å². The summed E-state index contributed by atoms with van der Waals surface area (Å²) in [5, 5.41) is 5.24. The van der Waals surface area contributed by atoms with E-state index in [-0.39, 0.29) is 11.3 Å². The van der Waals surface area contributed by atoms with Gasteiger partial charge in [-0.1, -0.05) is 41.9 Å². The second kappa shape index (κ2) is 11.5. The molecule has 0 unspecified atom stereocenters. The van der Waals surface area contributed by atoms with E-state index in [2.05, 4.69) is 35.3 Å². The number of ether oxygens (including phenoxy) is 1. The normalized spacial score (nSPS) is 18.2. The predicted molar refractivity (Wildman–Crippen MR) is 144 cm³/mol. The molecule has 1 saturated heterocycles. The Balaban J connectivity index is 1.51. The zero-order valence-electron chi connectivity index (χ0n) is 21.8. The lowest BCUT2D eigenvalue weighted by Crippen LogP contribution is -2.48. The molecule has 1 atom stereocenters. The van der Waals surface area contributed by atoms with Crippen molar-refractivity contribution in [1.29, 1.82) is 0 Å². The van der Waals surface area contributed by atoms with Crippen LogP contribution in [0.5, 0.6) is 5.75 Å². The van der Waals surface area contributed by atoms with Crippen molar-refractivity contribution in [2.45, 2.75) is 46.2 Å². The highest BCUT2D eigenvalue weighted by molar-refractivity contribution is 6.31. The van der Waals surface area contributed by atoms with Gasteiger partial charge in [-0.2, -0.15) is 5.10 Å². The van der Waals surface area contributed by atoms with Crippen LogP contribution in [0.2, 0.25) is 5.02 Å². The second-order valence-corrected chi connectivity index (χ2v) is 10.7. The van der Waals surface area contributed by atoms with Crippen LogP contribution >= 0.6 is 11.6 Å². The van der Waals surface area contributed by atoms with Crippen molar-refractivity contribution in [2.24, 2.45) is 12.5 Å². The fourth-order valence-electron chi connectivity index (χ4n) is 5.15. The standard InChI is InChI=1S/C29H37ClN4O2/c1-22-15-26(11-12-27(22)30)36-21-29(16-28(35)32(3)17-24-9-6-5-7-10-24)13-8-14-34(20-29)19-25-18-33(4)31-23(25)2/h5-7,9-12,15,18H,8,13-14,16-17,19-21H2,1-4H3/t29-/m1/s1. The third kappa shape index (κ3) is 6.68. The number of halogens is 1. The number of likely N-dealkylation sites (tertiary alicyclic amines) is 1. The lowest BCUT2D eigenvalue weighted by atomic mass is 9.77. The molecule has 0 N–H and O–H groups in total. The summed E-state index contributed by atoms with van der Waals surface area (Å²) in [4.78, 5) is 17.8. The maximum Gasteiger partial charge on any atom is 0.223 e. The van der Waals surface area contributed by atoms with Crippen molar-refractivity contribution in [3.8, 4) is 5.75 Å². The van der Waals surface area contributed by atoms with Gasteiger partial charge < -0.3 is 9.64 Å². The van der Waals surface area contributed by atoms with Crippen LogP contribution in [0, 0.1) is 19.3 Å². The molecule has 1 fully saturated rings. The summed E-state index contributed by atoms with van der Waals surface area (Å²) in [5.41, 5.74) is 4.13. The molecule has 192 valence electrons. The maximum atomic E-state index is 13.5. The van der Waals surface area contributed by atoms with Gasteiger partial charge in [-0.3, -0.25) is 14.4 Å². The van der Waals surface area contributed by atoms with Gasteiger partial charge in [-0.25, -0.2) is 0 Å². The second-order valence-electron chi connectivity index (χ2n) is 10.3. The first-order valence-corrected chi connectivity index (χ1v) is 13.0. The molecule has 1 aromatic heterocycles. The average Bonchev–Trinajstić information content (AvgIpc) is 3.17. The van der Waals surface area contributed by atoms with Gasteiger partial charge in [0.1, 0.15) is 5.75 Å². The van der Waals surface area contributed by atoms with Gasteiger partial charge in [0.25, 0.3) is 0 Å². The zero-order chi connectivity index (χ0) is 25.7. The number of aromatic nitrogens is 2. The number of piperidine rings is 1. The number of carbonyl (C=O) groups is 1. The molecule has 36 heavy (non-hydrogen) atoms. The minimum absolute atomic E-state index is 0.147. The van der Waals surface area contributed by atoms with Crippen LogP contribution in [0.3, 0.4) is 0 Å². The molecule has 1 aliphatic heterocycles. The average molecular weight is 509 g/mol. The Labute approximate surface area is 219 Å². The first-order valence-electron chi connectivity index (χ1n) is 12.6. The minimum atomic E-state index is -0.274. The van der Waals surface area contributed by atoms with Crippen LogP contribution in [0.15, 0.2) is 54.7 Å². The summed E-state index contributed by atoms with van der Waals surface area (Å²) in [6.07, 6.45) is 4.52. The van der Waals surface area contributed by atoms with E-state index < -0.39 is 0 Å². The number of nitrogens with zero attached hydrogens (tertiary/aromatic N) is 4. The third-order valence-electron chi connectivity index (χ3n) is 7.14. The van der Waals surface area contributed by atoms with Crippen LogP contribution in [-0.2, 0) is 24.9 Å². The lowest BCUT2D eigenvalue weighted by Gasteiger charge is -2.43. The van der Waals surface area contributed by atoms with Crippen LogP contribution in [0.25, 0.3) is 0 Å². The van der Waals surface area contributed by atoms with Gasteiger partial charge in [-0.15, -0.1) is 0 Å². The van der Waals surface area contributed by atoms with Gasteiger partial charge in [0.15, 0.2) is 0 Å². The van der Waals surface area contributed by atoms with Crippen molar-refractivity contribution in [3.05, 3.63) is 82.1 Å². The smallest absolute Gasteiger partial charge is 0.223 e. The first-order chi connectivity index (χ1) is 17.2. The number of benzene rings is 2. The number of hydrogen-bond acceptors (Lipinski definition) is 4. The molecule has 1 aliphatic rings. The Bertz CT molecular complexity index is 1180. The van der Waals surface area contributed by atoms with E-state index in [1.807, 2.05) is 67.0 Å². The van der Waals surface area contributed by atoms with Crippen molar-refractivity contribution in [3.63, 3.8) is 0 Å². The fourth-order valence-corrected chi connectivity index (χ4v) is 5.27. The minimum Gasteiger partial charge on any atom is -0.493 e. The molecule has 0 spiro atoms. The molecule has 2 heterocycles. The summed E-state index contributed by atoms with van der Waals surface area (Å²) in [6.45, 7) is 7.76. The third-order valence-corrected chi connectivity index (χ3v) is 7.56. The molecular formula is C29H37ClN4O2. The highest BCUT2D eigenvalue weighted by atomic mass is 35.5. The van der Waals surface area contributed by atoms with E-state index in [1.54, 1.807) is 0 Å². The maximum absolute atomic E-state index is 13.5. The van der Waals surface area contributed by atoms with Crippen LogP contribution < -0.4 is 4.74 Å². The SMILES string of the molecule is Cc1cc(OC[C@@]2(CC(=O)N(C)Cc3ccccc3)CCCN(Cc3cn(C)nc3C)C2)ccc1Cl. The Hall–Kier alpha value is -2.83. The quantitative estimate of drug-likeness (QED) is 0.388. The van der Waals surface area contributed by atoms with Crippen molar-refractivity contribution < 1.29 is 9.53 Å². The van der Waals surface area contributed by atoms with E-state index in [0.717, 1.165) is 60.1 Å². The van der Waals surface area contributed by atoms with E-state index in [0.29, 0.717) is 19.6 Å². The molecule has 0 aliphatic carbocycles. The molecule has 0 bridgehead atoms. The van der Waals surface area contributed by atoms with Gasteiger partial charge in [0.05, 0.1) is 12.3 Å². The van der Waals surface area contributed by atoms with E-state index >= 15 is 0 Å². The van der Waals surface area contributed by atoms with Crippen molar-refractivity contribution in [1.82, 2.24) is 19.6 Å². The van der Waals surface area contributed by atoms with Crippen LogP contribution in [-0.4, -0.2) is 52.2 Å². The Kier molecular flexibility index (Phi) is 8.37. The molecule has 3 aromatic rings. The topological polar surface area (TPSA) is 50.6 Å². The highest BCUT2D eigenvalue weighted by Gasteiger charge is 2.39. The summed E-state index contributed by atoms with van der Waals surface area (Å²) < 4.78 is 8.21. The van der Waals surface area contributed by atoms with E-state index in [9.17, 15) is 4.79 Å². The monoisotopic (exact) mass is 508 g/mol. The number of amides is 1. The predicted octanol–water partition coefficient (Wildman–Crippen LogP) is 5.40. The Morgan fingerprint density at radius 3 is 2.67 bits per heavy atom. The molecule has 1 amide bonds. The van der Waals surface area contributed by atoms with Gasteiger partial charge in [-0.05, 0) is 62.6 Å². The molecule has 4 rings (SSSR count). The Morgan fingerprint density at radius 1 is 1.19 bits per heavy atom. The number of carbonyl (C=O) groups excluding carboxylic acids is 1. The number of aryl methyl sites for hydroxylation is 3. The number of rotatable bonds is 9. The lowest BCUT2D eigenvalue weighted by molar-refractivity contribution is -0.135. The molecular weight excluding hydrogens is 472 g/mol. The largest absolute Gasteiger partial charge is 0.493 e. The summed E-state index contributed by atoms with van der Waals surface area (Å²) in [6, 6.07) is 15.9. The summed E-state index contributed by atoms with van der Waals surface area (Å²) in [7, 11) is 3.85. The molecule has 2 aromatic carbocycles. The fraction of sp³-hybridized carbons (Fsp3) is 0.448. The van der Waals surface area contributed by atoms with Crippen LogP contribution in [0.4, 0.5) is 0 Å². The van der Waals surface area contributed by atoms with Gasteiger partial charge in [0.2, 0.25) is 5.91 Å². The number of hydrogen-bond donors (Lipinski definition) is 0. The highest BCUT2D eigenvalue weighted by Crippen LogP contribution is 2.36. The van der Waals surface area contributed by atoms with E-state index in [4.69, 9.17) is 16.3 Å². The molecule has 0 saturated carbocycles. The summed E-state index contributed by atoms with van der Waals surface area (Å²) in [5.74, 6) is 0.940. The first kappa shape index (κ1) is 26.2. The molecule has 7 heteroatoms. The van der Waals surface area contributed by atoms with Crippen molar-refractivity contribution >= 4 is 17.5 Å². The van der Waals surface area contributed by atoms with Crippen LogP contribution in [0.1, 0.15) is 41.6 Å². The summed E-state index contributed by atoms with van der Waals surface area (Å²) >= 11 is 6.22.